The lowest BCUT2D eigenvalue weighted by atomic mass is 10.1. The van der Waals surface area contributed by atoms with Crippen molar-refractivity contribution in [1.29, 1.82) is 0 Å². The Hall–Kier alpha value is -1.40. The maximum Gasteiger partial charge on any atom is 0.330 e. The van der Waals surface area contributed by atoms with Crippen LogP contribution in [0.25, 0.3) is 0 Å². The lowest BCUT2D eigenvalue weighted by molar-refractivity contribution is 0.234. The van der Waals surface area contributed by atoms with Crippen molar-refractivity contribution < 1.29 is 0 Å². The molecule has 0 spiro atoms. The van der Waals surface area contributed by atoms with Crippen molar-refractivity contribution >= 4 is 0 Å². The highest BCUT2D eigenvalue weighted by molar-refractivity contribution is 5.05. The molecule has 0 radical (unpaired) electrons. The maximum absolute atomic E-state index is 12.0. The van der Waals surface area contributed by atoms with Crippen molar-refractivity contribution in [2.75, 3.05) is 20.1 Å². The molecular formula is C13H22N4O2. The smallest absolute Gasteiger partial charge is 0.310 e. The molecule has 0 amide bonds. The molecule has 0 saturated carbocycles. The zero-order chi connectivity index (χ0) is 14.0. The lowest BCUT2D eigenvalue weighted by Crippen LogP contribution is -2.43. The van der Waals surface area contributed by atoms with Gasteiger partial charge >= 0.3 is 5.69 Å². The number of nitrogens with zero attached hydrogens (tertiary/aromatic N) is 3. The van der Waals surface area contributed by atoms with E-state index in [4.69, 9.17) is 0 Å². The van der Waals surface area contributed by atoms with Gasteiger partial charge in [-0.3, -0.25) is 9.36 Å². The van der Waals surface area contributed by atoms with Crippen molar-refractivity contribution in [2.45, 2.75) is 25.4 Å². The third kappa shape index (κ3) is 3.13. The van der Waals surface area contributed by atoms with Gasteiger partial charge in [-0.15, -0.1) is 0 Å². The number of piperidine rings is 1. The van der Waals surface area contributed by atoms with Crippen molar-refractivity contribution in [1.82, 2.24) is 19.4 Å². The van der Waals surface area contributed by atoms with Gasteiger partial charge in [0.05, 0.1) is 0 Å². The molecule has 6 heteroatoms. The first-order chi connectivity index (χ1) is 8.99. The van der Waals surface area contributed by atoms with Crippen LogP contribution in [0.2, 0.25) is 0 Å². The summed E-state index contributed by atoms with van der Waals surface area (Å²) < 4.78 is 2.61. The van der Waals surface area contributed by atoms with E-state index in [0.29, 0.717) is 18.2 Å². The van der Waals surface area contributed by atoms with Crippen LogP contribution in [-0.2, 0) is 20.6 Å². The molecule has 0 unspecified atom stereocenters. The summed E-state index contributed by atoms with van der Waals surface area (Å²) in [7, 11) is 5.31. The van der Waals surface area contributed by atoms with Crippen molar-refractivity contribution in [3.8, 4) is 0 Å². The molecule has 1 aromatic rings. The fraction of sp³-hybridized carbons (Fsp3) is 0.692. The van der Waals surface area contributed by atoms with E-state index >= 15 is 0 Å². The molecule has 1 aliphatic rings. The average molecular weight is 266 g/mol. The summed E-state index contributed by atoms with van der Waals surface area (Å²) in [6.07, 6.45) is 3.83. The normalized spacial score (nSPS) is 17.8. The Balaban J connectivity index is 2.04. The molecule has 19 heavy (non-hydrogen) atoms. The predicted octanol–water partition coefficient (Wildman–Crippen LogP) is -0.732. The first-order valence-electron chi connectivity index (χ1n) is 6.66. The van der Waals surface area contributed by atoms with Crippen molar-refractivity contribution in [2.24, 2.45) is 14.1 Å². The Kier molecular flexibility index (Phi) is 4.21. The topological polar surface area (TPSA) is 59.3 Å². The Morgan fingerprint density at radius 2 is 1.84 bits per heavy atom. The Morgan fingerprint density at radius 1 is 1.21 bits per heavy atom. The summed E-state index contributed by atoms with van der Waals surface area (Å²) in [5, 5.41) is 3.42. The molecule has 106 valence electrons. The van der Waals surface area contributed by atoms with Crippen molar-refractivity contribution in [3.05, 3.63) is 32.6 Å². The highest BCUT2D eigenvalue weighted by Crippen LogP contribution is 2.08. The number of aryl methyl sites for hydroxylation is 1. The molecule has 1 aliphatic heterocycles. The molecule has 1 aromatic heterocycles. The predicted molar refractivity (Wildman–Crippen MR) is 74.3 cm³/mol. The van der Waals surface area contributed by atoms with Crippen LogP contribution in [0, 0.1) is 0 Å². The molecule has 2 rings (SSSR count). The third-order valence-corrected chi connectivity index (χ3v) is 3.82. The SMILES string of the molecule is CN1CCC(NCc2cn(C)c(=O)n(C)c2=O)CC1. The second-order valence-electron chi connectivity index (χ2n) is 5.37. The van der Waals surface area contributed by atoms with Crippen LogP contribution >= 0.6 is 0 Å². The third-order valence-electron chi connectivity index (χ3n) is 3.82. The van der Waals surface area contributed by atoms with Crippen LogP contribution in [0.15, 0.2) is 15.8 Å². The fourth-order valence-electron chi connectivity index (χ4n) is 2.47. The van der Waals surface area contributed by atoms with E-state index < -0.39 is 0 Å². The summed E-state index contributed by atoms with van der Waals surface area (Å²) in [6, 6.07) is 0.457. The second kappa shape index (κ2) is 5.71. The molecule has 0 atom stereocenters. The van der Waals surface area contributed by atoms with Crippen LogP contribution in [0.5, 0.6) is 0 Å². The van der Waals surface area contributed by atoms with E-state index in [1.165, 1.54) is 11.6 Å². The van der Waals surface area contributed by atoms with E-state index in [1.54, 1.807) is 13.2 Å². The van der Waals surface area contributed by atoms with Crippen molar-refractivity contribution in [3.63, 3.8) is 0 Å². The molecule has 6 nitrogen and oxygen atoms in total. The first-order valence-corrected chi connectivity index (χ1v) is 6.66. The van der Waals surface area contributed by atoms with E-state index in [-0.39, 0.29) is 11.2 Å². The van der Waals surface area contributed by atoms with Crippen LogP contribution < -0.4 is 16.6 Å². The number of likely N-dealkylation sites (tertiary alicyclic amines) is 1. The summed E-state index contributed by atoms with van der Waals surface area (Å²) in [6.45, 7) is 2.70. The second-order valence-corrected chi connectivity index (χ2v) is 5.37. The van der Waals surface area contributed by atoms with E-state index in [9.17, 15) is 9.59 Å². The first kappa shape index (κ1) is 14.0. The number of rotatable bonds is 3. The van der Waals surface area contributed by atoms with Gasteiger partial charge in [0.1, 0.15) is 0 Å². The minimum absolute atomic E-state index is 0.205. The molecule has 1 saturated heterocycles. The quantitative estimate of drug-likeness (QED) is 0.783. The minimum Gasteiger partial charge on any atom is -0.310 e. The zero-order valence-corrected chi connectivity index (χ0v) is 11.8. The van der Waals surface area contributed by atoms with Gasteiger partial charge in [0, 0.05) is 38.4 Å². The van der Waals surface area contributed by atoms with Crippen LogP contribution in [0.4, 0.5) is 0 Å². The van der Waals surface area contributed by atoms with Gasteiger partial charge in [0.25, 0.3) is 5.56 Å². The number of aromatic nitrogens is 2. The van der Waals surface area contributed by atoms with E-state index in [2.05, 4.69) is 17.3 Å². The molecule has 0 aliphatic carbocycles. The van der Waals surface area contributed by atoms with E-state index in [0.717, 1.165) is 30.5 Å². The summed E-state index contributed by atoms with van der Waals surface area (Å²) in [5.74, 6) is 0. The summed E-state index contributed by atoms with van der Waals surface area (Å²) >= 11 is 0. The molecule has 1 fully saturated rings. The Labute approximate surface area is 112 Å². The van der Waals surface area contributed by atoms with Gasteiger partial charge in [-0.1, -0.05) is 0 Å². The summed E-state index contributed by atoms with van der Waals surface area (Å²) in [5.41, 5.74) is 0.153. The lowest BCUT2D eigenvalue weighted by Gasteiger charge is -2.29. The highest BCUT2D eigenvalue weighted by atomic mass is 16.2. The number of hydrogen-bond donors (Lipinski definition) is 1. The van der Waals surface area contributed by atoms with Crippen LogP contribution in [0.1, 0.15) is 18.4 Å². The molecular weight excluding hydrogens is 244 g/mol. The van der Waals surface area contributed by atoms with Gasteiger partial charge < -0.3 is 14.8 Å². The van der Waals surface area contributed by atoms with Gasteiger partial charge in [0.15, 0.2) is 0 Å². The van der Waals surface area contributed by atoms with Gasteiger partial charge in [-0.05, 0) is 33.0 Å². The van der Waals surface area contributed by atoms with E-state index in [1.807, 2.05) is 0 Å². The number of nitrogens with one attached hydrogen (secondary N) is 1. The Morgan fingerprint density at radius 3 is 2.47 bits per heavy atom. The highest BCUT2D eigenvalue weighted by Gasteiger charge is 2.16. The molecule has 1 N–H and O–H groups in total. The van der Waals surface area contributed by atoms with Crippen LogP contribution in [0.3, 0.4) is 0 Å². The van der Waals surface area contributed by atoms with Crippen LogP contribution in [-0.4, -0.2) is 40.2 Å². The fourth-order valence-corrected chi connectivity index (χ4v) is 2.47. The molecule has 0 bridgehead atoms. The summed E-state index contributed by atoms with van der Waals surface area (Å²) in [4.78, 5) is 25.9. The monoisotopic (exact) mass is 266 g/mol. The van der Waals surface area contributed by atoms with Gasteiger partial charge in [-0.25, -0.2) is 4.79 Å². The number of hydrogen-bond acceptors (Lipinski definition) is 4. The maximum atomic E-state index is 12.0. The molecule has 0 aromatic carbocycles. The minimum atomic E-state index is -0.284. The van der Waals surface area contributed by atoms with Gasteiger partial charge in [-0.2, -0.15) is 0 Å². The average Bonchev–Trinajstić information content (AvgIpc) is 2.41. The Bertz CT molecular complexity index is 553. The zero-order valence-electron chi connectivity index (χ0n) is 11.8. The molecule has 2 heterocycles. The standard InChI is InChI=1S/C13H22N4O2/c1-15-6-4-11(5-7-15)14-8-10-9-16(2)13(19)17(3)12(10)18/h9,11,14H,4-8H2,1-3H3. The largest absolute Gasteiger partial charge is 0.330 e. The van der Waals surface area contributed by atoms with Gasteiger partial charge in [0.2, 0.25) is 0 Å².